The molecule has 1 unspecified atom stereocenters. The molecule has 2 aromatic heterocycles. The van der Waals surface area contributed by atoms with Crippen LogP contribution in [-0.2, 0) is 6.42 Å². The summed E-state index contributed by atoms with van der Waals surface area (Å²) in [5.41, 5.74) is 1.61. The van der Waals surface area contributed by atoms with Gasteiger partial charge in [0.25, 0.3) is 0 Å². The first-order chi connectivity index (χ1) is 9.28. The van der Waals surface area contributed by atoms with Crippen LogP contribution in [0.3, 0.4) is 0 Å². The minimum atomic E-state index is -0.200. The highest BCUT2D eigenvalue weighted by atomic mass is 35.5. The molecule has 0 bridgehead atoms. The summed E-state index contributed by atoms with van der Waals surface area (Å²) in [7, 11) is 0. The molecule has 2 nitrogen and oxygen atoms in total. The van der Waals surface area contributed by atoms with Crippen molar-refractivity contribution in [1.82, 2.24) is 9.38 Å². The molecule has 19 heavy (non-hydrogen) atoms. The summed E-state index contributed by atoms with van der Waals surface area (Å²) in [6, 6.07) is 6.79. The molecule has 5 heteroatoms. The maximum absolute atomic E-state index is 13.8. The van der Waals surface area contributed by atoms with E-state index in [1.165, 1.54) is 6.07 Å². The van der Waals surface area contributed by atoms with Crippen LogP contribution in [0.15, 0.2) is 42.0 Å². The first-order valence-electron chi connectivity index (χ1n) is 5.99. The molecular weight excluding hydrogens is 283 g/mol. The Hall–Kier alpha value is -1.39. The van der Waals surface area contributed by atoms with Crippen LogP contribution in [-0.4, -0.2) is 15.3 Å². The van der Waals surface area contributed by atoms with Crippen LogP contribution in [0.1, 0.15) is 17.2 Å². The molecule has 3 rings (SSSR count). The molecule has 1 aromatic carbocycles. The zero-order chi connectivity index (χ0) is 13.2. The fourth-order valence-corrected chi connectivity index (χ4v) is 3.17. The van der Waals surface area contributed by atoms with Gasteiger partial charge in [-0.2, -0.15) is 0 Å². The van der Waals surface area contributed by atoms with E-state index < -0.39 is 0 Å². The number of aromatic nitrogens is 2. The number of imidazole rings is 1. The van der Waals surface area contributed by atoms with Gasteiger partial charge in [0.1, 0.15) is 5.82 Å². The van der Waals surface area contributed by atoms with Crippen LogP contribution in [0, 0.1) is 5.82 Å². The van der Waals surface area contributed by atoms with Crippen molar-refractivity contribution in [2.24, 2.45) is 0 Å². The van der Waals surface area contributed by atoms with Gasteiger partial charge in [-0.15, -0.1) is 22.9 Å². The van der Waals surface area contributed by atoms with E-state index in [1.807, 2.05) is 28.2 Å². The van der Waals surface area contributed by atoms with Gasteiger partial charge in [0.15, 0.2) is 4.96 Å². The van der Waals surface area contributed by atoms with Gasteiger partial charge in [-0.3, -0.25) is 4.40 Å². The van der Waals surface area contributed by atoms with Crippen molar-refractivity contribution >= 4 is 27.9 Å². The summed E-state index contributed by atoms with van der Waals surface area (Å²) in [6.07, 6.45) is 4.60. The van der Waals surface area contributed by atoms with Crippen LogP contribution in [0.25, 0.3) is 4.96 Å². The number of fused-ring (bicyclic) bond motifs is 1. The van der Waals surface area contributed by atoms with E-state index in [0.29, 0.717) is 17.9 Å². The summed E-state index contributed by atoms with van der Waals surface area (Å²) in [5, 5.41) is 1.99. The van der Waals surface area contributed by atoms with Gasteiger partial charge in [0.2, 0.25) is 0 Å². The largest absolute Gasteiger partial charge is 0.297 e. The molecule has 0 aliphatic heterocycles. The summed E-state index contributed by atoms with van der Waals surface area (Å²) in [4.78, 5) is 5.47. The number of halogens is 2. The van der Waals surface area contributed by atoms with E-state index in [2.05, 4.69) is 4.98 Å². The molecule has 98 valence electrons. The molecule has 0 radical (unpaired) electrons. The molecule has 0 saturated carbocycles. The fourth-order valence-electron chi connectivity index (χ4n) is 2.18. The number of benzene rings is 1. The molecule has 3 aromatic rings. The Morgan fingerprint density at radius 2 is 2.21 bits per heavy atom. The average molecular weight is 295 g/mol. The summed E-state index contributed by atoms with van der Waals surface area (Å²) < 4.78 is 15.8. The lowest BCUT2D eigenvalue weighted by atomic mass is 9.96. The smallest absolute Gasteiger partial charge is 0.193 e. The van der Waals surface area contributed by atoms with Crippen molar-refractivity contribution < 1.29 is 4.39 Å². The van der Waals surface area contributed by atoms with Crippen molar-refractivity contribution in [3.05, 3.63) is 59.1 Å². The third-order valence-electron chi connectivity index (χ3n) is 3.13. The number of thiazole rings is 1. The second-order valence-electron chi connectivity index (χ2n) is 4.40. The van der Waals surface area contributed by atoms with Crippen LogP contribution in [0.5, 0.6) is 0 Å². The number of hydrogen-bond acceptors (Lipinski definition) is 2. The monoisotopic (exact) mass is 294 g/mol. The van der Waals surface area contributed by atoms with Gasteiger partial charge in [-0.1, -0.05) is 18.2 Å². The lowest BCUT2D eigenvalue weighted by Gasteiger charge is -2.13. The topological polar surface area (TPSA) is 17.3 Å². The van der Waals surface area contributed by atoms with Crippen molar-refractivity contribution in [3.63, 3.8) is 0 Å². The molecular formula is C14H12ClFN2S. The Labute approximate surface area is 119 Å². The van der Waals surface area contributed by atoms with Crippen LogP contribution in [0.2, 0.25) is 0 Å². The maximum Gasteiger partial charge on any atom is 0.193 e. The standard InChI is InChI=1S/C14H12ClFN2S/c15-8-10(12-3-1-2-4-13(12)16)7-11-9-18-5-6-19-14(18)17-11/h1-6,9-10H,7-8H2. The zero-order valence-electron chi connectivity index (χ0n) is 10.1. The predicted octanol–water partition coefficient (Wildman–Crippen LogP) is 4.10. The van der Waals surface area contributed by atoms with Gasteiger partial charge >= 0.3 is 0 Å². The van der Waals surface area contributed by atoms with Crippen molar-refractivity contribution in [2.45, 2.75) is 12.3 Å². The van der Waals surface area contributed by atoms with Gasteiger partial charge in [0, 0.05) is 29.6 Å². The summed E-state index contributed by atoms with van der Waals surface area (Å²) in [5.74, 6) is 0.133. The average Bonchev–Trinajstić information content (AvgIpc) is 2.97. The predicted molar refractivity (Wildman–Crippen MR) is 76.6 cm³/mol. The molecule has 0 spiro atoms. The zero-order valence-corrected chi connectivity index (χ0v) is 11.7. The molecule has 0 amide bonds. The molecule has 0 N–H and O–H groups in total. The molecule has 0 fully saturated rings. The van der Waals surface area contributed by atoms with Crippen molar-refractivity contribution in [1.29, 1.82) is 0 Å². The Bertz CT molecular complexity index is 663. The number of rotatable bonds is 4. The van der Waals surface area contributed by atoms with E-state index in [-0.39, 0.29) is 11.7 Å². The maximum atomic E-state index is 13.8. The molecule has 0 aliphatic rings. The summed E-state index contributed by atoms with van der Waals surface area (Å²) in [6.45, 7) is 0. The normalized spacial score (nSPS) is 12.9. The van der Waals surface area contributed by atoms with Crippen molar-refractivity contribution in [3.8, 4) is 0 Å². The van der Waals surface area contributed by atoms with E-state index in [9.17, 15) is 4.39 Å². The fraction of sp³-hybridized carbons (Fsp3) is 0.214. The minimum absolute atomic E-state index is 0.0486. The molecule has 2 heterocycles. The Balaban J connectivity index is 1.87. The highest BCUT2D eigenvalue weighted by Gasteiger charge is 2.17. The molecule has 0 aliphatic carbocycles. The second-order valence-corrected chi connectivity index (χ2v) is 5.58. The number of nitrogens with zero attached hydrogens (tertiary/aromatic N) is 2. The number of hydrogen-bond donors (Lipinski definition) is 0. The lowest BCUT2D eigenvalue weighted by Crippen LogP contribution is -2.07. The Morgan fingerprint density at radius 3 is 2.95 bits per heavy atom. The van der Waals surface area contributed by atoms with Crippen LogP contribution >= 0.6 is 22.9 Å². The highest BCUT2D eigenvalue weighted by Crippen LogP contribution is 2.25. The quantitative estimate of drug-likeness (QED) is 0.662. The van der Waals surface area contributed by atoms with Gasteiger partial charge in [-0.05, 0) is 18.1 Å². The number of alkyl halides is 1. The van der Waals surface area contributed by atoms with E-state index in [0.717, 1.165) is 10.7 Å². The van der Waals surface area contributed by atoms with E-state index >= 15 is 0 Å². The first-order valence-corrected chi connectivity index (χ1v) is 7.41. The second kappa shape index (κ2) is 5.31. The van der Waals surface area contributed by atoms with Gasteiger partial charge in [-0.25, -0.2) is 9.37 Å². The highest BCUT2D eigenvalue weighted by molar-refractivity contribution is 7.15. The first kappa shape index (κ1) is 12.6. The summed E-state index contributed by atoms with van der Waals surface area (Å²) >= 11 is 7.58. The van der Waals surface area contributed by atoms with E-state index in [1.54, 1.807) is 23.5 Å². The Kier molecular flexibility index (Phi) is 3.53. The van der Waals surface area contributed by atoms with Gasteiger partial charge < -0.3 is 0 Å². The van der Waals surface area contributed by atoms with Gasteiger partial charge in [0.05, 0.1) is 5.69 Å². The van der Waals surface area contributed by atoms with Crippen LogP contribution < -0.4 is 0 Å². The SMILES string of the molecule is Fc1ccccc1C(CCl)Cc1cn2ccsc2n1. The van der Waals surface area contributed by atoms with Crippen molar-refractivity contribution in [2.75, 3.05) is 5.88 Å². The minimum Gasteiger partial charge on any atom is -0.297 e. The molecule has 0 saturated heterocycles. The van der Waals surface area contributed by atoms with Crippen LogP contribution in [0.4, 0.5) is 4.39 Å². The third kappa shape index (κ3) is 2.51. The lowest BCUT2D eigenvalue weighted by molar-refractivity contribution is 0.587. The third-order valence-corrected chi connectivity index (χ3v) is 4.27. The molecule has 1 atom stereocenters. The Morgan fingerprint density at radius 1 is 1.37 bits per heavy atom. The van der Waals surface area contributed by atoms with E-state index in [4.69, 9.17) is 11.6 Å².